The Morgan fingerprint density at radius 1 is 0.976 bits per heavy atom. The maximum absolute atomic E-state index is 13.6. The van der Waals surface area contributed by atoms with E-state index in [4.69, 9.17) is 9.47 Å². The lowest BCUT2D eigenvalue weighted by Crippen LogP contribution is -2.50. The first-order valence-corrected chi connectivity index (χ1v) is 14.9. The number of fused-ring (bicyclic) bond motifs is 4. The fraction of sp³-hybridized carbons (Fsp3) is 0.441. The minimum absolute atomic E-state index is 0.130. The number of carbonyl (C=O) groups is 1. The van der Waals surface area contributed by atoms with Crippen molar-refractivity contribution >= 4 is 11.6 Å². The number of anilines is 1. The summed E-state index contributed by atoms with van der Waals surface area (Å²) in [5, 5.41) is 21.4. The molecule has 5 rings (SSSR count). The van der Waals surface area contributed by atoms with E-state index in [0.29, 0.717) is 43.4 Å². The molecule has 4 bridgehead atoms. The molecule has 1 saturated carbocycles. The van der Waals surface area contributed by atoms with Gasteiger partial charge >= 0.3 is 0 Å². The summed E-state index contributed by atoms with van der Waals surface area (Å²) in [5.41, 5.74) is 4.73. The highest BCUT2D eigenvalue weighted by Gasteiger charge is 2.44. The summed E-state index contributed by atoms with van der Waals surface area (Å²) in [4.78, 5) is 13.6. The van der Waals surface area contributed by atoms with Crippen molar-refractivity contribution < 1.29 is 19.4 Å². The number of carbonyl (C=O) groups excluding carboxylic acids is 1. The number of benzene rings is 3. The Balaban J connectivity index is 1.37. The van der Waals surface area contributed by atoms with Crippen molar-refractivity contribution in [3.8, 4) is 11.5 Å². The van der Waals surface area contributed by atoms with Gasteiger partial charge in [0, 0.05) is 36.4 Å². The van der Waals surface area contributed by atoms with Crippen LogP contribution in [0.2, 0.25) is 0 Å². The number of aliphatic hydroxyl groups excluding tert-OH is 1. The Morgan fingerprint density at radius 2 is 1.73 bits per heavy atom. The summed E-state index contributed by atoms with van der Waals surface area (Å²) < 4.78 is 12.0. The van der Waals surface area contributed by atoms with Crippen molar-refractivity contribution in [2.45, 2.75) is 69.6 Å². The number of aliphatic hydroxyl groups is 1. The quantitative estimate of drug-likeness (QED) is 0.312. The number of hydrogen-bond donors (Lipinski definition) is 4. The fourth-order valence-electron chi connectivity index (χ4n) is 5.42. The molecule has 218 valence electrons. The van der Waals surface area contributed by atoms with Crippen LogP contribution in [-0.2, 0) is 12.0 Å². The number of hydrogen-bond acceptors (Lipinski definition) is 6. The largest absolute Gasteiger partial charge is 0.494 e. The number of ether oxygens (including phenoxy) is 2. The Kier molecular flexibility index (Phi) is 9.15. The molecule has 7 nitrogen and oxygen atoms in total. The number of nitrogens with one attached hydrogen (secondary N) is 3. The molecular weight excluding hydrogens is 514 g/mol. The van der Waals surface area contributed by atoms with Crippen LogP contribution in [0.3, 0.4) is 0 Å². The van der Waals surface area contributed by atoms with Crippen LogP contribution in [0.4, 0.5) is 5.69 Å². The molecule has 0 spiro atoms. The SMILES string of the molecule is CNc1cc2cc(c1)C(=O)N[C@H]([C@H](O)CNC1(c3cccc(C(C)C)c3)CC1)Cc1cccc(c1)OCCCCO2. The van der Waals surface area contributed by atoms with Crippen molar-refractivity contribution in [2.24, 2.45) is 0 Å². The van der Waals surface area contributed by atoms with Gasteiger partial charge in [-0.3, -0.25) is 4.79 Å². The van der Waals surface area contributed by atoms with E-state index >= 15 is 0 Å². The van der Waals surface area contributed by atoms with Gasteiger partial charge in [-0.05, 0) is 79.0 Å². The molecule has 0 radical (unpaired) electrons. The van der Waals surface area contributed by atoms with E-state index in [1.165, 1.54) is 11.1 Å². The first kappa shape index (κ1) is 29.0. The Morgan fingerprint density at radius 3 is 2.46 bits per heavy atom. The predicted molar refractivity (Wildman–Crippen MR) is 163 cm³/mol. The van der Waals surface area contributed by atoms with Crippen LogP contribution in [-0.4, -0.2) is 50.0 Å². The molecule has 1 aliphatic carbocycles. The highest BCUT2D eigenvalue weighted by molar-refractivity contribution is 5.96. The van der Waals surface area contributed by atoms with Crippen LogP contribution in [0, 0.1) is 0 Å². The van der Waals surface area contributed by atoms with E-state index in [9.17, 15) is 9.90 Å². The van der Waals surface area contributed by atoms with Gasteiger partial charge in [-0.1, -0.05) is 50.2 Å². The minimum atomic E-state index is -0.809. The van der Waals surface area contributed by atoms with Gasteiger partial charge in [-0.15, -0.1) is 0 Å². The van der Waals surface area contributed by atoms with Crippen molar-refractivity contribution in [1.29, 1.82) is 0 Å². The number of amides is 1. The second-order valence-electron chi connectivity index (χ2n) is 11.6. The third kappa shape index (κ3) is 7.40. The van der Waals surface area contributed by atoms with E-state index in [-0.39, 0.29) is 11.4 Å². The van der Waals surface area contributed by atoms with Crippen LogP contribution in [0.15, 0.2) is 66.7 Å². The van der Waals surface area contributed by atoms with Gasteiger partial charge in [-0.25, -0.2) is 0 Å². The van der Waals surface area contributed by atoms with Crippen LogP contribution < -0.4 is 25.4 Å². The van der Waals surface area contributed by atoms with Gasteiger partial charge < -0.3 is 30.5 Å². The van der Waals surface area contributed by atoms with Crippen molar-refractivity contribution in [2.75, 3.05) is 32.1 Å². The third-order valence-electron chi connectivity index (χ3n) is 8.17. The first-order valence-electron chi connectivity index (χ1n) is 14.9. The Hall–Kier alpha value is -3.55. The second kappa shape index (κ2) is 13.0. The van der Waals surface area contributed by atoms with E-state index in [1.807, 2.05) is 43.4 Å². The highest BCUT2D eigenvalue weighted by atomic mass is 16.5. The van der Waals surface area contributed by atoms with E-state index in [2.05, 4.69) is 54.1 Å². The lowest BCUT2D eigenvalue weighted by atomic mass is 9.95. The van der Waals surface area contributed by atoms with Gasteiger partial charge in [0.05, 0.1) is 25.4 Å². The molecule has 7 heteroatoms. The van der Waals surface area contributed by atoms with Gasteiger partial charge in [-0.2, -0.15) is 0 Å². The molecule has 3 aromatic carbocycles. The summed E-state index contributed by atoms with van der Waals surface area (Å²) in [6.45, 7) is 5.90. The van der Waals surface area contributed by atoms with Crippen LogP contribution in [0.1, 0.15) is 72.5 Å². The summed E-state index contributed by atoms with van der Waals surface area (Å²) in [7, 11) is 1.82. The van der Waals surface area contributed by atoms with E-state index in [0.717, 1.165) is 42.7 Å². The normalized spacial score (nSPS) is 19.4. The van der Waals surface area contributed by atoms with E-state index < -0.39 is 12.1 Å². The molecular formula is C34H43N3O4. The summed E-state index contributed by atoms with van der Waals surface area (Å²) in [6.07, 6.45) is 3.41. The fourth-order valence-corrected chi connectivity index (χ4v) is 5.42. The molecule has 2 aliphatic rings. The average Bonchev–Trinajstić information content (AvgIpc) is 3.78. The lowest BCUT2D eigenvalue weighted by molar-refractivity contribution is 0.0821. The molecule has 3 aromatic rings. The van der Waals surface area contributed by atoms with Crippen LogP contribution >= 0.6 is 0 Å². The monoisotopic (exact) mass is 557 g/mol. The third-order valence-corrected chi connectivity index (χ3v) is 8.17. The molecule has 2 atom stereocenters. The summed E-state index contributed by atoms with van der Waals surface area (Å²) in [5.74, 6) is 1.63. The molecule has 0 aromatic heterocycles. The molecule has 1 amide bonds. The zero-order valence-corrected chi connectivity index (χ0v) is 24.4. The second-order valence-corrected chi connectivity index (χ2v) is 11.6. The van der Waals surface area contributed by atoms with Gasteiger partial charge in [0.1, 0.15) is 11.5 Å². The van der Waals surface area contributed by atoms with Crippen LogP contribution in [0.5, 0.6) is 11.5 Å². The molecule has 41 heavy (non-hydrogen) atoms. The van der Waals surface area contributed by atoms with Crippen molar-refractivity contribution in [1.82, 2.24) is 10.6 Å². The zero-order valence-electron chi connectivity index (χ0n) is 24.4. The maximum Gasteiger partial charge on any atom is 0.251 e. The topological polar surface area (TPSA) is 91.9 Å². The van der Waals surface area contributed by atoms with E-state index in [1.54, 1.807) is 6.07 Å². The highest BCUT2D eigenvalue weighted by Crippen LogP contribution is 2.46. The first-order chi connectivity index (χ1) is 19.8. The molecule has 4 N–H and O–H groups in total. The van der Waals surface area contributed by atoms with Gasteiger partial charge in [0.15, 0.2) is 0 Å². The van der Waals surface area contributed by atoms with Crippen LogP contribution in [0.25, 0.3) is 0 Å². The maximum atomic E-state index is 13.6. The van der Waals surface area contributed by atoms with Gasteiger partial charge in [0.25, 0.3) is 5.91 Å². The zero-order chi connectivity index (χ0) is 28.8. The number of rotatable bonds is 7. The predicted octanol–water partition coefficient (Wildman–Crippen LogP) is 5.38. The smallest absolute Gasteiger partial charge is 0.251 e. The Labute approximate surface area is 243 Å². The molecule has 1 aliphatic heterocycles. The summed E-state index contributed by atoms with van der Waals surface area (Å²) >= 11 is 0. The van der Waals surface area contributed by atoms with Gasteiger partial charge in [0.2, 0.25) is 0 Å². The Bertz CT molecular complexity index is 1340. The molecule has 1 fully saturated rings. The standard InChI is InChI=1S/C34H43N3O4/c1-23(2)25-9-7-10-27(18-25)34(12-13-34)36-22-32(38)31-17-24-8-6-11-29(16-24)40-14-4-5-15-41-30-20-26(33(39)37-31)19-28(21-30)35-3/h6-11,16,18-21,23,31-32,35-36,38H,4-5,12-15,17,22H2,1-3H3,(H,37,39)/t31-,32+/m0/s1. The minimum Gasteiger partial charge on any atom is -0.494 e. The van der Waals surface area contributed by atoms with Crippen molar-refractivity contribution in [3.63, 3.8) is 0 Å². The molecule has 1 heterocycles. The summed E-state index contributed by atoms with van der Waals surface area (Å²) in [6, 6.07) is 21.6. The lowest BCUT2D eigenvalue weighted by Gasteiger charge is -2.28. The van der Waals surface area contributed by atoms with Crippen molar-refractivity contribution in [3.05, 3.63) is 89.0 Å². The molecule has 0 saturated heterocycles. The molecule has 0 unspecified atom stereocenters. The average molecular weight is 558 g/mol.